The van der Waals surface area contributed by atoms with Gasteiger partial charge in [-0.25, -0.2) is 9.97 Å². The molecule has 0 bridgehead atoms. The molecule has 7 heteroatoms. The second-order valence-electron chi connectivity index (χ2n) is 5.27. The summed E-state index contributed by atoms with van der Waals surface area (Å²) in [5, 5.41) is 18.3. The van der Waals surface area contributed by atoms with E-state index in [1.807, 2.05) is 6.92 Å². The third-order valence-corrected chi connectivity index (χ3v) is 3.72. The van der Waals surface area contributed by atoms with Crippen molar-refractivity contribution in [3.63, 3.8) is 0 Å². The van der Waals surface area contributed by atoms with E-state index in [-0.39, 0.29) is 17.0 Å². The smallest absolute Gasteiger partial charge is 0.261 e. The van der Waals surface area contributed by atoms with E-state index in [4.69, 9.17) is 10.8 Å². The summed E-state index contributed by atoms with van der Waals surface area (Å²) in [5.74, 6) is -0.226. The number of carbonyl (C=O) groups excluding carboxylic acids is 1. The largest absolute Gasteiger partial charge is 0.291 e. The summed E-state index contributed by atoms with van der Waals surface area (Å²) in [7, 11) is 0. The van der Waals surface area contributed by atoms with E-state index in [9.17, 15) is 4.79 Å². The van der Waals surface area contributed by atoms with Crippen molar-refractivity contribution in [2.45, 2.75) is 26.2 Å². The van der Waals surface area contributed by atoms with Gasteiger partial charge in [-0.3, -0.25) is 25.5 Å². The first-order valence-electron chi connectivity index (χ1n) is 7.02. The van der Waals surface area contributed by atoms with Gasteiger partial charge in [0.15, 0.2) is 0 Å². The van der Waals surface area contributed by atoms with Crippen molar-refractivity contribution >= 4 is 18.2 Å². The van der Waals surface area contributed by atoms with Gasteiger partial charge in [0.2, 0.25) is 5.95 Å². The SMILES string of the molecule is Cc1cnc(NC(=O)c2cc3c(n(C=N)c2=N)CCC3)nc1. The number of carbonyl (C=O) groups is 1. The van der Waals surface area contributed by atoms with E-state index in [0.29, 0.717) is 0 Å². The molecule has 2 heterocycles. The van der Waals surface area contributed by atoms with E-state index in [1.54, 1.807) is 18.5 Å². The summed E-state index contributed by atoms with van der Waals surface area (Å²) < 4.78 is 1.47. The fourth-order valence-electron chi connectivity index (χ4n) is 2.63. The standard InChI is InChI=1S/C15H16N6O/c1-9-6-18-15(19-7-9)20-14(22)11-5-10-3-2-4-12(10)21(8-16)13(11)17/h5-8,16-17H,2-4H2,1H3,(H,18,19,20,22). The van der Waals surface area contributed by atoms with Gasteiger partial charge >= 0.3 is 0 Å². The van der Waals surface area contributed by atoms with Gasteiger partial charge in [-0.05, 0) is 43.4 Å². The van der Waals surface area contributed by atoms with Crippen LogP contribution in [0.25, 0.3) is 0 Å². The molecule has 0 atom stereocenters. The van der Waals surface area contributed by atoms with Crippen LogP contribution in [0.3, 0.4) is 0 Å². The van der Waals surface area contributed by atoms with E-state index in [1.165, 1.54) is 4.57 Å². The fourth-order valence-corrected chi connectivity index (χ4v) is 2.63. The Labute approximate surface area is 127 Å². The summed E-state index contributed by atoms with van der Waals surface area (Å²) in [6.45, 7) is 1.86. The molecule has 2 aromatic rings. The summed E-state index contributed by atoms with van der Waals surface area (Å²) >= 11 is 0. The molecule has 0 spiro atoms. The maximum absolute atomic E-state index is 12.4. The number of aryl methyl sites for hydroxylation is 2. The highest BCUT2D eigenvalue weighted by molar-refractivity contribution is 6.03. The van der Waals surface area contributed by atoms with Crippen molar-refractivity contribution in [2.75, 3.05) is 5.32 Å². The van der Waals surface area contributed by atoms with E-state index < -0.39 is 5.91 Å². The average Bonchev–Trinajstić information content (AvgIpc) is 2.97. The molecular weight excluding hydrogens is 280 g/mol. The van der Waals surface area contributed by atoms with Crippen LogP contribution in [-0.4, -0.2) is 26.8 Å². The lowest BCUT2D eigenvalue weighted by molar-refractivity contribution is 0.102. The van der Waals surface area contributed by atoms with Crippen molar-refractivity contribution in [3.05, 3.63) is 46.3 Å². The molecule has 0 radical (unpaired) electrons. The zero-order valence-corrected chi connectivity index (χ0v) is 12.2. The van der Waals surface area contributed by atoms with Crippen molar-refractivity contribution in [1.82, 2.24) is 14.5 Å². The highest BCUT2D eigenvalue weighted by Gasteiger charge is 2.20. The number of nitrogens with zero attached hydrogens (tertiary/aromatic N) is 3. The van der Waals surface area contributed by atoms with Crippen LogP contribution in [0.5, 0.6) is 0 Å². The first kappa shape index (κ1) is 14.1. The number of amides is 1. The lowest BCUT2D eigenvalue weighted by Gasteiger charge is -2.11. The van der Waals surface area contributed by atoms with E-state index >= 15 is 0 Å². The predicted molar refractivity (Wildman–Crippen MR) is 81.2 cm³/mol. The first-order chi connectivity index (χ1) is 10.6. The van der Waals surface area contributed by atoms with Gasteiger partial charge in [0.1, 0.15) is 5.49 Å². The van der Waals surface area contributed by atoms with E-state index in [0.717, 1.165) is 42.4 Å². The highest BCUT2D eigenvalue weighted by atomic mass is 16.1. The Morgan fingerprint density at radius 1 is 1.36 bits per heavy atom. The Kier molecular flexibility index (Phi) is 3.54. The molecule has 3 rings (SSSR count). The predicted octanol–water partition coefficient (Wildman–Crippen LogP) is 1.26. The summed E-state index contributed by atoms with van der Waals surface area (Å²) in [4.78, 5) is 20.5. The Morgan fingerprint density at radius 2 is 2.09 bits per heavy atom. The number of pyridine rings is 1. The van der Waals surface area contributed by atoms with Crippen LogP contribution in [0.15, 0.2) is 18.5 Å². The van der Waals surface area contributed by atoms with Crippen LogP contribution in [0.4, 0.5) is 5.95 Å². The van der Waals surface area contributed by atoms with Gasteiger partial charge < -0.3 is 0 Å². The van der Waals surface area contributed by atoms with Crippen LogP contribution in [-0.2, 0) is 12.8 Å². The molecule has 0 saturated heterocycles. The van der Waals surface area contributed by atoms with Crippen molar-refractivity contribution in [3.8, 4) is 0 Å². The van der Waals surface area contributed by atoms with Gasteiger partial charge in [0.25, 0.3) is 5.91 Å². The second-order valence-corrected chi connectivity index (χ2v) is 5.27. The maximum Gasteiger partial charge on any atom is 0.261 e. The molecule has 22 heavy (non-hydrogen) atoms. The lowest BCUT2D eigenvalue weighted by atomic mass is 10.1. The highest BCUT2D eigenvalue weighted by Crippen LogP contribution is 2.20. The van der Waals surface area contributed by atoms with Crippen LogP contribution >= 0.6 is 0 Å². The Balaban J connectivity index is 1.98. The number of fused-ring (bicyclic) bond motifs is 1. The molecule has 1 amide bonds. The number of anilines is 1. The Morgan fingerprint density at radius 3 is 2.77 bits per heavy atom. The molecule has 112 valence electrons. The monoisotopic (exact) mass is 296 g/mol. The van der Waals surface area contributed by atoms with Gasteiger partial charge in [-0.2, -0.15) is 0 Å². The van der Waals surface area contributed by atoms with Crippen LogP contribution in [0.2, 0.25) is 0 Å². The Hall–Kier alpha value is -2.83. The number of nitrogens with one attached hydrogen (secondary N) is 3. The summed E-state index contributed by atoms with van der Waals surface area (Å²) in [6, 6.07) is 1.74. The molecule has 0 saturated carbocycles. The minimum absolute atomic E-state index is 0.0141. The minimum Gasteiger partial charge on any atom is -0.291 e. The molecule has 1 aliphatic carbocycles. The van der Waals surface area contributed by atoms with Gasteiger partial charge in [0, 0.05) is 18.1 Å². The first-order valence-corrected chi connectivity index (χ1v) is 7.02. The molecule has 1 aliphatic rings. The zero-order chi connectivity index (χ0) is 15.7. The molecule has 0 fully saturated rings. The minimum atomic E-state index is -0.431. The van der Waals surface area contributed by atoms with Crippen LogP contribution < -0.4 is 10.8 Å². The topological polar surface area (TPSA) is 108 Å². The maximum atomic E-state index is 12.4. The zero-order valence-electron chi connectivity index (χ0n) is 12.2. The van der Waals surface area contributed by atoms with Crippen molar-refractivity contribution in [1.29, 1.82) is 10.8 Å². The summed E-state index contributed by atoms with van der Waals surface area (Å²) in [6.07, 6.45) is 7.00. The number of aromatic nitrogens is 3. The average molecular weight is 296 g/mol. The van der Waals surface area contributed by atoms with E-state index in [2.05, 4.69) is 15.3 Å². The van der Waals surface area contributed by atoms with Crippen LogP contribution in [0, 0.1) is 17.7 Å². The third-order valence-electron chi connectivity index (χ3n) is 3.72. The Bertz CT molecular complexity index is 806. The molecule has 7 nitrogen and oxygen atoms in total. The summed E-state index contributed by atoms with van der Waals surface area (Å²) in [5.41, 5.74) is 3.12. The number of hydrogen-bond acceptors (Lipinski definition) is 5. The number of hydrogen-bond donors (Lipinski definition) is 3. The normalized spacial score (nSPS) is 12.8. The molecule has 2 aromatic heterocycles. The third kappa shape index (κ3) is 2.41. The molecule has 0 unspecified atom stereocenters. The molecule has 0 aliphatic heterocycles. The number of rotatable bonds is 3. The lowest BCUT2D eigenvalue weighted by Crippen LogP contribution is -2.31. The van der Waals surface area contributed by atoms with Crippen molar-refractivity contribution in [2.24, 2.45) is 0 Å². The molecule has 3 N–H and O–H groups in total. The fraction of sp³-hybridized carbons (Fsp3) is 0.267. The quantitative estimate of drug-likeness (QED) is 0.586. The van der Waals surface area contributed by atoms with Crippen molar-refractivity contribution < 1.29 is 4.79 Å². The van der Waals surface area contributed by atoms with Crippen LogP contribution in [0.1, 0.15) is 33.6 Å². The molecular formula is C15H16N6O. The molecule has 0 aromatic carbocycles. The second kappa shape index (κ2) is 5.51. The van der Waals surface area contributed by atoms with Gasteiger partial charge in [-0.15, -0.1) is 0 Å². The van der Waals surface area contributed by atoms with Gasteiger partial charge in [-0.1, -0.05) is 0 Å². The van der Waals surface area contributed by atoms with Gasteiger partial charge in [0.05, 0.1) is 11.9 Å².